The van der Waals surface area contributed by atoms with Crippen molar-refractivity contribution >= 4 is 21.6 Å². The van der Waals surface area contributed by atoms with Gasteiger partial charge in [-0.1, -0.05) is 19.1 Å². The minimum absolute atomic E-state index is 0.0775. The molecule has 2 aromatic carbocycles. The lowest BCUT2D eigenvalue weighted by molar-refractivity contribution is -0.121. The molecule has 0 aliphatic carbocycles. The summed E-state index contributed by atoms with van der Waals surface area (Å²) in [6, 6.07) is 13.3. The van der Waals surface area contributed by atoms with Crippen LogP contribution in [0.1, 0.15) is 63.1 Å². The number of sulfonamides is 1. The summed E-state index contributed by atoms with van der Waals surface area (Å²) in [7, 11) is -1.96. The Kier molecular flexibility index (Phi) is 8.57. The second-order valence-corrected chi connectivity index (χ2v) is 12.1. The van der Waals surface area contributed by atoms with E-state index in [1.165, 1.54) is 22.8 Å². The van der Waals surface area contributed by atoms with Crippen LogP contribution in [0.2, 0.25) is 0 Å². The highest BCUT2D eigenvalue weighted by atomic mass is 32.2. The fourth-order valence-corrected chi connectivity index (χ4v) is 6.80. The minimum Gasteiger partial charge on any atom is -0.496 e. The van der Waals surface area contributed by atoms with Gasteiger partial charge >= 0.3 is 0 Å². The number of nitrogens with one attached hydrogen (secondary N) is 1. The molecule has 1 amide bonds. The number of anilines is 1. The molecule has 0 spiro atoms. The normalized spacial score (nSPS) is 19.8. The molecular weight excluding hydrogens is 474 g/mol. The zero-order chi connectivity index (χ0) is 25.7. The van der Waals surface area contributed by atoms with E-state index in [-0.39, 0.29) is 23.3 Å². The average Bonchev–Trinajstić information content (AvgIpc) is 3.43. The SMILES string of the molecule is COc1ccc(S(=O)(=O)N2CCCC2)cc1CCC(=O)N[C@@H](C)c1ccc(N2CCC[C@@H](C)C2)cc1. The number of hydrogen-bond acceptors (Lipinski definition) is 5. The summed E-state index contributed by atoms with van der Waals surface area (Å²) in [5, 5.41) is 3.08. The Morgan fingerprint density at radius 2 is 1.81 bits per heavy atom. The molecule has 2 fully saturated rings. The first-order valence-corrected chi connectivity index (χ1v) is 14.5. The number of methoxy groups -OCH3 is 1. The summed E-state index contributed by atoms with van der Waals surface area (Å²) >= 11 is 0. The number of rotatable bonds is 9. The molecule has 7 nitrogen and oxygen atoms in total. The molecule has 0 unspecified atom stereocenters. The van der Waals surface area contributed by atoms with Crippen molar-refractivity contribution in [3.8, 4) is 5.75 Å². The molecule has 196 valence electrons. The van der Waals surface area contributed by atoms with Gasteiger partial charge in [-0.05, 0) is 86.4 Å². The Morgan fingerprint density at radius 1 is 1.08 bits per heavy atom. The zero-order valence-corrected chi connectivity index (χ0v) is 22.5. The van der Waals surface area contributed by atoms with Crippen LogP contribution < -0.4 is 15.0 Å². The third-order valence-electron chi connectivity index (χ3n) is 7.37. The smallest absolute Gasteiger partial charge is 0.243 e. The zero-order valence-electron chi connectivity index (χ0n) is 21.7. The van der Waals surface area contributed by atoms with Crippen LogP contribution in [-0.4, -0.2) is 51.9 Å². The summed E-state index contributed by atoms with van der Waals surface area (Å²) < 4.78 is 32.9. The predicted molar refractivity (Wildman–Crippen MR) is 143 cm³/mol. The van der Waals surface area contributed by atoms with Crippen molar-refractivity contribution in [3.05, 3.63) is 53.6 Å². The van der Waals surface area contributed by atoms with E-state index in [0.29, 0.717) is 25.3 Å². The van der Waals surface area contributed by atoms with E-state index < -0.39 is 10.0 Å². The first-order chi connectivity index (χ1) is 17.3. The third kappa shape index (κ3) is 6.21. The summed E-state index contributed by atoms with van der Waals surface area (Å²) in [5.41, 5.74) is 3.02. The number of ether oxygens (including phenoxy) is 1. The fraction of sp³-hybridized carbons (Fsp3) is 0.536. The molecule has 2 aromatic rings. The molecule has 0 aromatic heterocycles. The van der Waals surface area contributed by atoms with E-state index in [2.05, 4.69) is 41.4 Å². The number of carbonyl (C=O) groups is 1. The molecule has 8 heteroatoms. The van der Waals surface area contributed by atoms with E-state index in [1.807, 2.05) is 6.92 Å². The van der Waals surface area contributed by atoms with Gasteiger partial charge in [0.25, 0.3) is 0 Å². The molecule has 1 N–H and O–H groups in total. The number of nitrogens with zero attached hydrogens (tertiary/aromatic N) is 2. The molecule has 2 atom stereocenters. The second-order valence-electron chi connectivity index (χ2n) is 10.2. The molecule has 0 saturated carbocycles. The van der Waals surface area contributed by atoms with Gasteiger partial charge in [0, 0.05) is 38.3 Å². The number of aryl methyl sites for hydroxylation is 1. The van der Waals surface area contributed by atoms with Crippen LogP contribution in [0.4, 0.5) is 5.69 Å². The maximum Gasteiger partial charge on any atom is 0.243 e. The Labute approximate surface area is 215 Å². The first-order valence-electron chi connectivity index (χ1n) is 13.1. The van der Waals surface area contributed by atoms with Crippen LogP contribution in [-0.2, 0) is 21.2 Å². The lowest BCUT2D eigenvalue weighted by Crippen LogP contribution is -2.34. The summed E-state index contributed by atoms with van der Waals surface area (Å²) in [5.74, 6) is 1.24. The third-order valence-corrected chi connectivity index (χ3v) is 9.26. The van der Waals surface area contributed by atoms with Crippen LogP contribution in [0, 0.1) is 5.92 Å². The Morgan fingerprint density at radius 3 is 2.47 bits per heavy atom. The lowest BCUT2D eigenvalue weighted by Gasteiger charge is -2.33. The highest BCUT2D eigenvalue weighted by molar-refractivity contribution is 7.89. The summed E-state index contributed by atoms with van der Waals surface area (Å²) in [6.07, 6.45) is 4.95. The molecule has 2 saturated heterocycles. The van der Waals surface area contributed by atoms with Gasteiger partial charge in [-0.3, -0.25) is 4.79 Å². The van der Waals surface area contributed by atoms with Crippen molar-refractivity contribution in [2.75, 3.05) is 38.2 Å². The Hall–Kier alpha value is -2.58. The van der Waals surface area contributed by atoms with Crippen LogP contribution in [0.15, 0.2) is 47.4 Å². The number of amides is 1. The monoisotopic (exact) mass is 513 g/mol. The molecule has 2 aliphatic rings. The maximum atomic E-state index is 13.0. The van der Waals surface area contributed by atoms with E-state index in [4.69, 9.17) is 4.74 Å². The number of carbonyl (C=O) groups excluding carboxylic acids is 1. The number of hydrogen-bond donors (Lipinski definition) is 1. The fourth-order valence-electron chi connectivity index (χ4n) is 5.23. The van der Waals surface area contributed by atoms with E-state index in [9.17, 15) is 13.2 Å². The van der Waals surface area contributed by atoms with Crippen LogP contribution >= 0.6 is 0 Å². The predicted octanol–water partition coefficient (Wildman–Crippen LogP) is 4.53. The van der Waals surface area contributed by atoms with Gasteiger partial charge < -0.3 is 15.0 Å². The maximum absolute atomic E-state index is 13.0. The van der Waals surface area contributed by atoms with Gasteiger partial charge in [-0.2, -0.15) is 4.31 Å². The van der Waals surface area contributed by atoms with Gasteiger partial charge in [0.1, 0.15) is 5.75 Å². The van der Waals surface area contributed by atoms with Gasteiger partial charge in [0.15, 0.2) is 0 Å². The molecular formula is C28H39N3O4S. The van der Waals surface area contributed by atoms with E-state index >= 15 is 0 Å². The van der Waals surface area contributed by atoms with Crippen molar-refractivity contribution in [1.29, 1.82) is 0 Å². The average molecular weight is 514 g/mol. The van der Waals surface area contributed by atoms with E-state index in [0.717, 1.165) is 43.0 Å². The van der Waals surface area contributed by atoms with Crippen LogP contribution in [0.5, 0.6) is 5.75 Å². The molecule has 2 heterocycles. The highest BCUT2D eigenvalue weighted by Gasteiger charge is 2.28. The molecule has 4 rings (SSSR count). The van der Waals surface area contributed by atoms with Gasteiger partial charge in [0.2, 0.25) is 15.9 Å². The quantitative estimate of drug-likeness (QED) is 0.533. The molecule has 36 heavy (non-hydrogen) atoms. The van der Waals surface area contributed by atoms with Crippen molar-refractivity contribution in [3.63, 3.8) is 0 Å². The topological polar surface area (TPSA) is 79.0 Å². The van der Waals surface area contributed by atoms with Gasteiger partial charge in [-0.15, -0.1) is 0 Å². The Balaban J connectivity index is 1.36. The highest BCUT2D eigenvalue weighted by Crippen LogP contribution is 2.28. The van der Waals surface area contributed by atoms with Crippen LogP contribution in [0.25, 0.3) is 0 Å². The summed E-state index contributed by atoms with van der Waals surface area (Å²) in [6.45, 7) is 7.59. The molecule has 0 radical (unpaired) electrons. The largest absolute Gasteiger partial charge is 0.496 e. The van der Waals surface area contributed by atoms with Crippen LogP contribution in [0.3, 0.4) is 0 Å². The first kappa shape index (κ1) is 26.5. The van der Waals surface area contributed by atoms with Gasteiger partial charge in [-0.25, -0.2) is 8.42 Å². The van der Waals surface area contributed by atoms with Gasteiger partial charge in [0.05, 0.1) is 18.0 Å². The van der Waals surface area contributed by atoms with E-state index in [1.54, 1.807) is 25.3 Å². The number of piperidine rings is 1. The standard InChI is InChI=1S/C28H39N3O4S/c1-21-7-6-16-30(20-21)25-11-8-23(9-12-25)22(2)29-28(32)15-10-24-19-26(13-14-27(24)35-3)36(33,34)31-17-4-5-18-31/h8-9,11-14,19,21-22H,4-7,10,15-18,20H2,1-3H3,(H,29,32)/t21-,22+/m1/s1. The van der Waals surface area contributed by atoms with Crippen molar-refractivity contribution in [2.24, 2.45) is 5.92 Å². The Bertz CT molecular complexity index is 1140. The second kappa shape index (κ2) is 11.6. The number of benzene rings is 2. The minimum atomic E-state index is -3.52. The molecule has 2 aliphatic heterocycles. The lowest BCUT2D eigenvalue weighted by atomic mass is 9.99. The van der Waals surface area contributed by atoms with Crippen molar-refractivity contribution in [2.45, 2.75) is 63.3 Å². The summed E-state index contributed by atoms with van der Waals surface area (Å²) in [4.78, 5) is 15.5. The van der Waals surface area contributed by atoms with Crippen molar-refractivity contribution in [1.82, 2.24) is 9.62 Å². The molecule has 0 bridgehead atoms. The van der Waals surface area contributed by atoms with Crippen molar-refractivity contribution < 1.29 is 17.9 Å².